The molecule has 0 radical (unpaired) electrons. The molecule has 98 valence electrons. The van der Waals surface area contributed by atoms with Crippen molar-refractivity contribution in [3.05, 3.63) is 58.9 Å². The van der Waals surface area contributed by atoms with Gasteiger partial charge in [0.25, 0.3) is 0 Å². The van der Waals surface area contributed by atoms with Crippen LogP contribution in [0.2, 0.25) is 5.02 Å². The van der Waals surface area contributed by atoms with Gasteiger partial charge in [-0.15, -0.1) is 0 Å². The minimum atomic E-state index is -0.518. The van der Waals surface area contributed by atoms with Crippen molar-refractivity contribution >= 4 is 17.3 Å². The molecule has 0 spiro atoms. The molecule has 2 aromatic rings. The zero-order valence-electron chi connectivity index (χ0n) is 10.4. The van der Waals surface area contributed by atoms with Crippen LogP contribution in [-0.2, 0) is 5.60 Å². The van der Waals surface area contributed by atoms with Crippen molar-refractivity contribution in [2.45, 2.75) is 12.5 Å². The molecule has 1 N–H and O–H groups in total. The lowest BCUT2D eigenvalue weighted by Crippen LogP contribution is -2.40. The molecular formula is C15H13ClFNO. The molecule has 19 heavy (non-hydrogen) atoms. The van der Waals surface area contributed by atoms with Crippen molar-refractivity contribution in [2.24, 2.45) is 0 Å². The van der Waals surface area contributed by atoms with Gasteiger partial charge in [-0.2, -0.15) is 0 Å². The summed E-state index contributed by atoms with van der Waals surface area (Å²) in [5, 5.41) is 3.47. The lowest BCUT2D eigenvalue weighted by Gasteiger charge is -2.37. The van der Waals surface area contributed by atoms with E-state index in [0.717, 1.165) is 5.56 Å². The van der Waals surface area contributed by atoms with Crippen molar-refractivity contribution in [1.82, 2.24) is 0 Å². The van der Waals surface area contributed by atoms with Crippen LogP contribution in [0.25, 0.3) is 0 Å². The van der Waals surface area contributed by atoms with Crippen molar-refractivity contribution < 1.29 is 9.13 Å². The Morgan fingerprint density at radius 2 is 2.00 bits per heavy atom. The Kier molecular flexibility index (Phi) is 2.86. The zero-order chi connectivity index (χ0) is 13.5. The Morgan fingerprint density at radius 3 is 2.74 bits per heavy atom. The summed E-state index contributed by atoms with van der Waals surface area (Å²) in [6, 6.07) is 12.6. The Hall–Kier alpha value is -1.74. The summed E-state index contributed by atoms with van der Waals surface area (Å²) in [7, 11) is 0. The second-order valence-electron chi connectivity index (χ2n) is 4.82. The van der Waals surface area contributed by atoms with Crippen molar-refractivity contribution in [2.75, 3.05) is 11.9 Å². The monoisotopic (exact) mass is 277 g/mol. The number of anilines is 1. The number of halogens is 2. The molecule has 0 saturated carbocycles. The van der Waals surface area contributed by atoms with Crippen molar-refractivity contribution in [3.63, 3.8) is 0 Å². The molecule has 1 aliphatic rings. The Balaban J connectivity index is 2.02. The van der Waals surface area contributed by atoms with Gasteiger partial charge < -0.3 is 10.1 Å². The number of nitrogens with one attached hydrogen (secondary N) is 1. The van der Waals surface area contributed by atoms with E-state index in [-0.39, 0.29) is 10.8 Å². The molecule has 2 nitrogen and oxygen atoms in total. The highest BCUT2D eigenvalue weighted by Crippen LogP contribution is 2.42. The van der Waals surface area contributed by atoms with Crippen LogP contribution >= 0.6 is 11.6 Å². The van der Waals surface area contributed by atoms with Crippen LogP contribution in [0.15, 0.2) is 42.5 Å². The van der Waals surface area contributed by atoms with Gasteiger partial charge in [0, 0.05) is 6.07 Å². The third-order valence-electron chi connectivity index (χ3n) is 3.34. The molecule has 1 atom stereocenters. The molecule has 1 unspecified atom stereocenters. The maximum Gasteiger partial charge on any atom is 0.162 e. The maximum atomic E-state index is 13.3. The fourth-order valence-electron chi connectivity index (χ4n) is 2.27. The van der Waals surface area contributed by atoms with Crippen LogP contribution in [-0.4, -0.2) is 6.54 Å². The van der Waals surface area contributed by atoms with Gasteiger partial charge in [0.15, 0.2) is 5.75 Å². The van der Waals surface area contributed by atoms with Crippen LogP contribution < -0.4 is 10.1 Å². The lowest BCUT2D eigenvalue weighted by molar-refractivity contribution is 0.0939. The first kappa shape index (κ1) is 12.3. The van der Waals surface area contributed by atoms with Gasteiger partial charge in [0.2, 0.25) is 0 Å². The van der Waals surface area contributed by atoms with Crippen LogP contribution in [0, 0.1) is 5.82 Å². The summed E-state index contributed by atoms with van der Waals surface area (Å²) in [6.07, 6.45) is 0. The zero-order valence-corrected chi connectivity index (χ0v) is 11.2. The molecular weight excluding hydrogens is 265 g/mol. The van der Waals surface area contributed by atoms with E-state index in [1.807, 2.05) is 37.3 Å². The third-order valence-corrected chi connectivity index (χ3v) is 3.62. The molecule has 1 heterocycles. The van der Waals surface area contributed by atoms with Gasteiger partial charge in [-0.3, -0.25) is 0 Å². The van der Waals surface area contributed by atoms with E-state index >= 15 is 0 Å². The molecule has 2 aromatic carbocycles. The average molecular weight is 278 g/mol. The van der Waals surface area contributed by atoms with Gasteiger partial charge in [-0.1, -0.05) is 41.9 Å². The molecule has 0 bridgehead atoms. The number of hydrogen-bond acceptors (Lipinski definition) is 2. The molecule has 4 heteroatoms. The molecule has 0 amide bonds. The third kappa shape index (κ3) is 2.15. The van der Waals surface area contributed by atoms with Gasteiger partial charge in [-0.25, -0.2) is 4.39 Å². The predicted molar refractivity (Wildman–Crippen MR) is 74.3 cm³/mol. The smallest absolute Gasteiger partial charge is 0.162 e. The second-order valence-corrected chi connectivity index (χ2v) is 5.22. The standard InChI is InChI=1S/C15H13ClFNO/c1-15(10-5-3-2-4-6-10)9-18-13-8-11(17)7-12(16)14(13)19-15/h2-8,18H,9H2,1H3. The molecule has 3 rings (SSSR count). The van der Waals surface area contributed by atoms with Crippen LogP contribution in [0.5, 0.6) is 5.75 Å². The van der Waals surface area contributed by atoms with Crippen molar-refractivity contribution in [3.8, 4) is 5.75 Å². The lowest BCUT2D eigenvalue weighted by atomic mass is 9.94. The van der Waals surface area contributed by atoms with Crippen LogP contribution in [0.4, 0.5) is 10.1 Å². The summed E-state index contributed by atoms with van der Waals surface area (Å²) < 4.78 is 19.3. The highest BCUT2D eigenvalue weighted by atomic mass is 35.5. The maximum absolute atomic E-state index is 13.3. The average Bonchev–Trinajstić information content (AvgIpc) is 2.41. The number of hydrogen-bond donors (Lipinski definition) is 1. The summed E-state index contributed by atoms with van der Waals surface area (Å²) in [5.74, 6) is 0.129. The predicted octanol–water partition coefficient (Wildman–Crippen LogP) is 4.20. The first-order valence-electron chi connectivity index (χ1n) is 6.06. The fraction of sp³-hybridized carbons (Fsp3) is 0.200. The Morgan fingerprint density at radius 1 is 1.26 bits per heavy atom. The summed E-state index contributed by atoms with van der Waals surface area (Å²) in [5.41, 5.74) is 1.13. The topological polar surface area (TPSA) is 21.3 Å². The number of rotatable bonds is 1. The molecule has 0 aromatic heterocycles. The normalized spacial score (nSPS) is 21.2. The van der Waals surface area contributed by atoms with E-state index < -0.39 is 5.60 Å². The van der Waals surface area contributed by atoms with Crippen LogP contribution in [0.3, 0.4) is 0 Å². The van der Waals surface area contributed by atoms with Gasteiger partial charge >= 0.3 is 0 Å². The highest BCUT2D eigenvalue weighted by Gasteiger charge is 2.34. The number of benzene rings is 2. The van der Waals surface area contributed by atoms with E-state index in [9.17, 15) is 4.39 Å². The molecule has 0 aliphatic carbocycles. The first-order chi connectivity index (χ1) is 9.08. The Labute approximate surface area is 116 Å². The molecule has 0 saturated heterocycles. The van der Waals surface area contributed by atoms with Gasteiger partial charge in [0.05, 0.1) is 17.3 Å². The SMILES string of the molecule is CC1(c2ccccc2)CNc2cc(F)cc(Cl)c2O1. The second kappa shape index (κ2) is 4.42. The summed E-state index contributed by atoms with van der Waals surface area (Å²) in [6.45, 7) is 2.54. The minimum Gasteiger partial charge on any atom is -0.477 e. The van der Waals surface area contributed by atoms with Crippen LogP contribution in [0.1, 0.15) is 12.5 Å². The number of ether oxygens (including phenoxy) is 1. The van der Waals surface area contributed by atoms with E-state index in [1.165, 1.54) is 12.1 Å². The molecule has 1 aliphatic heterocycles. The van der Waals surface area contributed by atoms with E-state index in [0.29, 0.717) is 18.0 Å². The number of fused-ring (bicyclic) bond motifs is 1. The van der Waals surface area contributed by atoms with E-state index in [2.05, 4.69) is 5.32 Å². The van der Waals surface area contributed by atoms with E-state index in [4.69, 9.17) is 16.3 Å². The van der Waals surface area contributed by atoms with Gasteiger partial charge in [-0.05, 0) is 18.6 Å². The largest absolute Gasteiger partial charge is 0.477 e. The fourth-order valence-corrected chi connectivity index (χ4v) is 2.52. The summed E-state index contributed by atoms with van der Waals surface area (Å²) in [4.78, 5) is 0. The highest BCUT2D eigenvalue weighted by molar-refractivity contribution is 6.32. The van der Waals surface area contributed by atoms with Crippen molar-refractivity contribution in [1.29, 1.82) is 0 Å². The first-order valence-corrected chi connectivity index (χ1v) is 6.44. The Bertz CT molecular complexity index is 617. The quantitative estimate of drug-likeness (QED) is 0.843. The van der Waals surface area contributed by atoms with Gasteiger partial charge in [0.1, 0.15) is 11.4 Å². The summed E-state index contributed by atoms with van der Waals surface area (Å²) >= 11 is 6.06. The molecule has 0 fully saturated rings. The minimum absolute atomic E-state index is 0.282. The van der Waals surface area contributed by atoms with E-state index in [1.54, 1.807) is 0 Å².